The van der Waals surface area contributed by atoms with Gasteiger partial charge >= 0.3 is 0 Å². The van der Waals surface area contributed by atoms with Crippen LogP contribution in [-0.4, -0.2) is 36.2 Å². The first kappa shape index (κ1) is 19.6. The van der Waals surface area contributed by atoms with Crippen molar-refractivity contribution < 1.29 is 14.4 Å². The Bertz CT molecular complexity index is 919. The van der Waals surface area contributed by atoms with Gasteiger partial charge in [0.15, 0.2) is 0 Å². The van der Waals surface area contributed by atoms with Crippen molar-refractivity contribution in [1.29, 1.82) is 0 Å². The van der Waals surface area contributed by atoms with Crippen LogP contribution in [0.3, 0.4) is 0 Å². The van der Waals surface area contributed by atoms with Crippen LogP contribution in [0.2, 0.25) is 0 Å². The highest BCUT2D eigenvalue weighted by Gasteiger charge is 2.29. The maximum Gasteiger partial charge on any atom is 0.254 e. The first-order valence-corrected chi connectivity index (χ1v) is 9.37. The summed E-state index contributed by atoms with van der Waals surface area (Å²) in [5, 5.41) is 5.69. The number of nitrogens with one attached hydrogen (secondary N) is 2. The summed E-state index contributed by atoms with van der Waals surface area (Å²) in [6.45, 7) is 3.86. The zero-order valence-corrected chi connectivity index (χ0v) is 16.4. The molecule has 0 spiro atoms. The fraction of sp³-hybridized carbons (Fsp3) is 0.318. The normalized spacial score (nSPS) is 13.0. The van der Waals surface area contributed by atoms with Crippen molar-refractivity contribution in [1.82, 2.24) is 4.90 Å². The van der Waals surface area contributed by atoms with Crippen LogP contribution in [0.15, 0.2) is 42.5 Å². The summed E-state index contributed by atoms with van der Waals surface area (Å²) in [6.07, 6.45) is 1.84. The van der Waals surface area contributed by atoms with E-state index < -0.39 is 0 Å². The molecule has 1 fully saturated rings. The molecule has 146 valence electrons. The standard InChI is InChI=1S/C22H25N3O3/c1-14-6-4-9-19(15(14)2)24-20(26)13-25(3)22(28)17-7-5-8-18(12-17)23-21(27)16-10-11-16/h4-9,12,16H,10-11,13H2,1-3H3,(H,23,27)(H,24,26). The van der Waals surface area contributed by atoms with Crippen LogP contribution in [-0.2, 0) is 9.59 Å². The number of aryl methyl sites for hydroxylation is 1. The van der Waals surface area contributed by atoms with Crippen molar-refractivity contribution in [3.63, 3.8) is 0 Å². The van der Waals surface area contributed by atoms with Gasteiger partial charge in [-0.05, 0) is 62.1 Å². The Morgan fingerprint density at radius 1 is 1.04 bits per heavy atom. The predicted molar refractivity (Wildman–Crippen MR) is 109 cm³/mol. The van der Waals surface area contributed by atoms with Gasteiger partial charge in [-0.1, -0.05) is 18.2 Å². The molecule has 2 aromatic carbocycles. The Hall–Kier alpha value is -3.15. The molecule has 1 aliphatic carbocycles. The van der Waals surface area contributed by atoms with Gasteiger partial charge in [0.2, 0.25) is 11.8 Å². The number of nitrogens with zero attached hydrogens (tertiary/aromatic N) is 1. The smallest absolute Gasteiger partial charge is 0.254 e. The Balaban J connectivity index is 1.61. The van der Waals surface area contributed by atoms with Crippen LogP contribution >= 0.6 is 0 Å². The van der Waals surface area contributed by atoms with Gasteiger partial charge < -0.3 is 15.5 Å². The first-order chi connectivity index (χ1) is 13.3. The van der Waals surface area contributed by atoms with Crippen molar-refractivity contribution in [3.8, 4) is 0 Å². The van der Waals surface area contributed by atoms with Gasteiger partial charge in [0, 0.05) is 29.9 Å². The highest BCUT2D eigenvalue weighted by molar-refractivity contribution is 6.01. The van der Waals surface area contributed by atoms with Gasteiger partial charge in [-0.3, -0.25) is 14.4 Å². The number of carbonyl (C=O) groups is 3. The van der Waals surface area contributed by atoms with E-state index in [2.05, 4.69) is 10.6 Å². The van der Waals surface area contributed by atoms with Gasteiger partial charge in [-0.25, -0.2) is 0 Å². The number of likely N-dealkylation sites (N-methyl/N-ethyl adjacent to an activating group) is 1. The molecule has 3 amide bonds. The third-order valence-corrected chi connectivity index (χ3v) is 4.93. The van der Waals surface area contributed by atoms with E-state index >= 15 is 0 Å². The van der Waals surface area contributed by atoms with Gasteiger partial charge in [-0.2, -0.15) is 0 Å². The molecule has 2 N–H and O–H groups in total. The number of rotatable bonds is 6. The van der Waals surface area contributed by atoms with Gasteiger partial charge in [0.05, 0.1) is 6.54 Å². The van der Waals surface area contributed by atoms with E-state index in [4.69, 9.17) is 0 Å². The molecule has 0 saturated heterocycles. The van der Waals surface area contributed by atoms with Gasteiger partial charge in [0.25, 0.3) is 5.91 Å². The molecule has 28 heavy (non-hydrogen) atoms. The summed E-state index contributed by atoms with van der Waals surface area (Å²) < 4.78 is 0. The Labute approximate surface area is 164 Å². The van der Waals surface area contributed by atoms with E-state index in [1.54, 1.807) is 31.3 Å². The number of benzene rings is 2. The van der Waals surface area contributed by atoms with E-state index in [0.717, 1.165) is 29.7 Å². The molecule has 6 nitrogen and oxygen atoms in total. The number of amides is 3. The van der Waals surface area contributed by atoms with Gasteiger partial charge in [0.1, 0.15) is 0 Å². The molecule has 0 aliphatic heterocycles. The number of hydrogen-bond acceptors (Lipinski definition) is 3. The lowest BCUT2D eigenvalue weighted by Gasteiger charge is -2.18. The quantitative estimate of drug-likeness (QED) is 0.808. The average Bonchev–Trinajstić information content (AvgIpc) is 3.50. The molecule has 1 aliphatic rings. The SMILES string of the molecule is Cc1cccc(NC(=O)CN(C)C(=O)c2cccc(NC(=O)C3CC3)c2)c1C. The highest BCUT2D eigenvalue weighted by atomic mass is 16.2. The van der Waals surface area contributed by atoms with Crippen LogP contribution in [0.5, 0.6) is 0 Å². The van der Waals surface area contributed by atoms with Crippen molar-refractivity contribution >= 4 is 29.1 Å². The Morgan fingerprint density at radius 3 is 2.46 bits per heavy atom. The van der Waals surface area contributed by atoms with Crippen LogP contribution in [0.1, 0.15) is 34.3 Å². The van der Waals surface area contributed by atoms with Crippen molar-refractivity contribution in [2.75, 3.05) is 24.2 Å². The number of carbonyl (C=O) groups excluding carboxylic acids is 3. The maximum absolute atomic E-state index is 12.7. The minimum atomic E-state index is -0.279. The fourth-order valence-electron chi connectivity index (χ4n) is 2.90. The minimum absolute atomic E-state index is 0.00847. The van der Waals surface area contributed by atoms with Crippen molar-refractivity contribution in [2.24, 2.45) is 5.92 Å². The summed E-state index contributed by atoms with van der Waals surface area (Å²) in [6, 6.07) is 12.5. The number of hydrogen-bond donors (Lipinski definition) is 2. The molecule has 2 aromatic rings. The van der Waals surface area contributed by atoms with E-state index in [0.29, 0.717) is 11.3 Å². The fourth-order valence-corrected chi connectivity index (χ4v) is 2.90. The molecule has 6 heteroatoms. The maximum atomic E-state index is 12.7. The van der Waals surface area contributed by atoms with Crippen LogP contribution in [0.4, 0.5) is 11.4 Å². The molecule has 0 radical (unpaired) electrons. The Morgan fingerprint density at radius 2 is 1.75 bits per heavy atom. The third kappa shape index (κ3) is 4.76. The largest absolute Gasteiger partial charge is 0.332 e. The lowest BCUT2D eigenvalue weighted by molar-refractivity contribution is -0.117. The zero-order valence-electron chi connectivity index (χ0n) is 16.4. The highest BCUT2D eigenvalue weighted by Crippen LogP contribution is 2.30. The van der Waals surface area contributed by atoms with E-state index in [1.165, 1.54) is 4.90 Å². The topological polar surface area (TPSA) is 78.5 Å². The van der Waals surface area contributed by atoms with Crippen molar-refractivity contribution in [2.45, 2.75) is 26.7 Å². The van der Waals surface area contributed by atoms with E-state index in [9.17, 15) is 14.4 Å². The van der Waals surface area contributed by atoms with E-state index in [1.807, 2.05) is 32.0 Å². The second kappa shape index (κ2) is 8.25. The zero-order chi connectivity index (χ0) is 20.3. The Kier molecular flexibility index (Phi) is 5.78. The summed E-state index contributed by atoms with van der Waals surface area (Å²) in [4.78, 5) is 38.3. The van der Waals surface area contributed by atoms with Crippen LogP contribution in [0, 0.1) is 19.8 Å². The second-order valence-corrected chi connectivity index (χ2v) is 7.30. The molecular weight excluding hydrogens is 354 g/mol. The molecule has 1 saturated carbocycles. The average molecular weight is 379 g/mol. The molecule has 0 unspecified atom stereocenters. The third-order valence-electron chi connectivity index (χ3n) is 4.93. The summed E-state index contributed by atoms with van der Waals surface area (Å²) in [5.41, 5.74) is 3.86. The summed E-state index contributed by atoms with van der Waals surface area (Å²) in [5.74, 6) is -0.456. The van der Waals surface area contributed by atoms with Gasteiger partial charge in [-0.15, -0.1) is 0 Å². The lowest BCUT2D eigenvalue weighted by Crippen LogP contribution is -2.35. The van der Waals surface area contributed by atoms with E-state index in [-0.39, 0.29) is 30.2 Å². The molecule has 0 atom stereocenters. The number of anilines is 2. The monoisotopic (exact) mass is 379 g/mol. The van der Waals surface area contributed by atoms with Crippen LogP contribution in [0.25, 0.3) is 0 Å². The molecule has 0 bridgehead atoms. The molecule has 0 heterocycles. The predicted octanol–water partition coefficient (Wildman–Crippen LogP) is 3.36. The van der Waals surface area contributed by atoms with Crippen molar-refractivity contribution in [3.05, 3.63) is 59.2 Å². The summed E-state index contributed by atoms with van der Waals surface area (Å²) in [7, 11) is 1.58. The first-order valence-electron chi connectivity index (χ1n) is 9.37. The second-order valence-electron chi connectivity index (χ2n) is 7.30. The lowest BCUT2D eigenvalue weighted by atomic mass is 10.1. The summed E-state index contributed by atoms with van der Waals surface area (Å²) >= 11 is 0. The molecular formula is C22H25N3O3. The minimum Gasteiger partial charge on any atom is -0.332 e. The molecule has 3 rings (SSSR count). The van der Waals surface area contributed by atoms with Crippen LogP contribution < -0.4 is 10.6 Å². The molecule has 0 aromatic heterocycles.